The van der Waals surface area contributed by atoms with Crippen LogP contribution in [0.5, 0.6) is 0 Å². The molecule has 0 aliphatic heterocycles. The second-order valence-electron chi connectivity index (χ2n) is 8.22. The number of carbonyl (C=O) groups is 2. The summed E-state index contributed by atoms with van der Waals surface area (Å²) in [5.74, 6) is -0.399. The molecule has 1 amide bonds. The summed E-state index contributed by atoms with van der Waals surface area (Å²) in [7, 11) is 0. The molecule has 0 unspecified atom stereocenters. The Morgan fingerprint density at radius 3 is 2.61 bits per heavy atom. The number of carbonyl (C=O) groups excluding carboxylic acids is 2. The highest BCUT2D eigenvalue weighted by molar-refractivity contribution is 7.18. The van der Waals surface area contributed by atoms with Crippen LogP contribution in [0.2, 0.25) is 0 Å². The SMILES string of the molecule is CC(C)C[C@@H](/C=C/C(=O)Nc1nnc(-c2ccc(F)cc2)s1)CC(=O)[C@@H](N)Cc1cccs1. The molecule has 174 valence electrons. The number of amides is 1. The van der Waals surface area contributed by atoms with Crippen molar-refractivity contribution in [2.75, 3.05) is 5.32 Å². The number of allylic oxidation sites excluding steroid dienone is 1. The topological polar surface area (TPSA) is 98.0 Å². The minimum Gasteiger partial charge on any atom is -0.321 e. The summed E-state index contributed by atoms with van der Waals surface area (Å²) < 4.78 is 13.1. The first kappa shape index (κ1) is 24.9. The summed E-state index contributed by atoms with van der Waals surface area (Å²) in [6.07, 6.45) is 4.80. The van der Waals surface area contributed by atoms with E-state index in [1.165, 1.54) is 29.5 Å². The van der Waals surface area contributed by atoms with E-state index in [-0.39, 0.29) is 23.4 Å². The number of hydrogen-bond donors (Lipinski definition) is 2. The van der Waals surface area contributed by atoms with Crippen molar-refractivity contribution in [2.24, 2.45) is 17.6 Å². The number of rotatable bonds is 11. The second kappa shape index (κ2) is 11.9. The minimum absolute atomic E-state index is 0.00725. The highest BCUT2D eigenvalue weighted by Crippen LogP contribution is 2.26. The fraction of sp³-hybridized carbons (Fsp3) is 0.333. The van der Waals surface area contributed by atoms with Crippen LogP contribution in [0.15, 0.2) is 53.9 Å². The van der Waals surface area contributed by atoms with Crippen molar-refractivity contribution in [1.82, 2.24) is 10.2 Å². The number of hydrogen-bond acceptors (Lipinski definition) is 7. The summed E-state index contributed by atoms with van der Waals surface area (Å²) in [4.78, 5) is 26.2. The van der Waals surface area contributed by atoms with Gasteiger partial charge in [-0.1, -0.05) is 37.3 Å². The molecule has 0 aliphatic rings. The lowest BCUT2D eigenvalue weighted by Gasteiger charge is -2.17. The van der Waals surface area contributed by atoms with Crippen LogP contribution in [0.1, 0.15) is 31.6 Å². The Labute approximate surface area is 200 Å². The molecular weight excluding hydrogens is 459 g/mol. The number of benzene rings is 1. The van der Waals surface area contributed by atoms with Crippen LogP contribution in [0.3, 0.4) is 0 Å². The average molecular weight is 487 g/mol. The molecule has 0 radical (unpaired) electrons. The molecule has 9 heteroatoms. The molecule has 6 nitrogen and oxygen atoms in total. The van der Waals surface area contributed by atoms with Crippen molar-refractivity contribution in [3.8, 4) is 10.6 Å². The van der Waals surface area contributed by atoms with Gasteiger partial charge in [0.1, 0.15) is 16.6 Å². The number of Topliss-reactive ketones (excluding diaryl/α,β-unsaturated/α-hetero) is 1. The van der Waals surface area contributed by atoms with Crippen molar-refractivity contribution in [3.63, 3.8) is 0 Å². The summed E-state index contributed by atoms with van der Waals surface area (Å²) in [6.45, 7) is 4.16. The first-order chi connectivity index (χ1) is 15.8. The Bertz CT molecular complexity index is 1080. The lowest BCUT2D eigenvalue weighted by Crippen LogP contribution is -2.33. The van der Waals surface area contributed by atoms with Gasteiger partial charge in [-0.2, -0.15) is 0 Å². The van der Waals surface area contributed by atoms with Gasteiger partial charge in [0.05, 0.1) is 6.04 Å². The summed E-state index contributed by atoms with van der Waals surface area (Å²) >= 11 is 2.79. The van der Waals surface area contributed by atoms with E-state index in [9.17, 15) is 14.0 Å². The number of anilines is 1. The van der Waals surface area contributed by atoms with Gasteiger partial charge in [0.15, 0.2) is 0 Å². The van der Waals surface area contributed by atoms with Crippen molar-refractivity contribution in [2.45, 2.75) is 39.2 Å². The zero-order valence-corrected chi connectivity index (χ0v) is 20.2. The third-order valence-corrected chi connectivity index (χ3v) is 6.70. The molecule has 0 aliphatic carbocycles. The standard InChI is InChI=1S/C24H27FN4O2S2/c1-15(2)12-16(13-21(30)20(26)14-19-4-3-11-32-19)5-10-22(31)27-24-29-28-23(33-24)17-6-8-18(25)9-7-17/h3-11,15-16,20H,12-14,26H2,1-2H3,(H,27,29,31)/b10-5+/t16-,20+/m1/s1. The van der Waals surface area contributed by atoms with Crippen molar-refractivity contribution >= 4 is 39.5 Å². The van der Waals surface area contributed by atoms with Crippen LogP contribution in [0, 0.1) is 17.7 Å². The van der Waals surface area contributed by atoms with E-state index >= 15 is 0 Å². The molecule has 0 fully saturated rings. The zero-order valence-electron chi connectivity index (χ0n) is 18.5. The van der Waals surface area contributed by atoms with Crippen molar-refractivity contribution < 1.29 is 14.0 Å². The maximum absolute atomic E-state index is 13.1. The maximum Gasteiger partial charge on any atom is 0.249 e. The summed E-state index contributed by atoms with van der Waals surface area (Å²) in [5, 5.41) is 13.6. The largest absolute Gasteiger partial charge is 0.321 e. The van der Waals surface area contributed by atoms with Crippen LogP contribution in [0.4, 0.5) is 9.52 Å². The van der Waals surface area contributed by atoms with Gasteiger partial charge < -0.3 is 5.73 Å². The second-order valence-corrected chi connectivity index (χ2v) is 10.2. The smallest absolute Gasteiger partial charge is 0.249 e. The molecule has 0 saturated heterocycles. The molecule has 3 rings (SSSR count). The van der Waals surface area contributed by atoms with Crippen LogP contribution in [-0.4, -0.2) is 27.9 Å². The molecule has 0 saturated carbocycles. The monoisotopic (exact) mass is 486 g/mol. The maximum atomic E-state index is 13.1. The van der Waals surface area contributed by atoms with E-state index in [2.05, 4.69) is 29.4 Å². The normalized spacial score (nSPS) is 13.4. The van der Waals surface area contributed by atoms with Crippen LogP contribution in [-0.2, 0) is 16.0 Å². The predicted molar refractivity (Wildman–Crippen MR) is 132 cm³/mol. The fourth-order valence-electron chi connectivity index (χ4n) is 3.36. The third kappa shape index (κ3) is 7.96. The summed E-state index contributed by atoms with van der Waals surface area (Å²) in [6, 6.07) is 9.28. The highest BCUT2D eigenvalue weighted by atomic mass is 32.1. The fourth-order valence-corrected chi connectivity index (χ4v) is 4.87. The highest BCUT2D eigenvalue weighted by Gasteiger charge is 2.20. The summed E-state index contributed by atoms with van der Waals surface area (Å²) in [5.41, 5.74) is 6.84. The predicted octanol–water partition coefficient (Wildman–Crippen LogP) is 5.09. The Morgan fingerprint density at radius 1 is 1.18 bits per heavy atom. The molecule has 2 atom stereocenters. The van der Waals surface area contributed by atoms with E-state index in [1.807, 2.05) is 17.5 Å². The van der Waals surface area contributed by atoms with E-state index in [0.717, 1.165) is 16.9 Å². The van der Waals surface area contributed by atoms with E-state index < -0.39 is 6.04 Å². The third-order valence-electron chi connectivity index (χ3n) is 4.92. The molecule has 0 bridgehead atoms. The van der Waals surface area contributed by atoms with Crippen LogP contribution < -0.4 is 11.1 Å². The number of halogens is 1. The zero-order chi connectivity index (χ0) is 23.8. The molecule has 3 aromatic rings. The van der Waals surface area contributed by atoms with E-state index in [0.29, 0.717) is 28.9 Å². The van der Waals surface area contributed by atoms with Crippen LogP contribution in [0.25, 0.3) is 10.6 Å². The van der Waals surface area contributed by atoms with E-state index in [1.54, 1.807) is 29.5 Å². The van der Waals surface area contributed by atoms with Gasteiger partial charge in [-0.3, -0.25) is 14.9 Å². The van der Waals surface area contributed by atoms with Crippen molar-refractivity contribution in [1.29, 1.82) is 0 Å². The van der Waals surface area contributed by atoms with Gasteiger partial charge in [0.25, 0.3) is 0 Å². The van der Waals surface area contributed by atoms with Gasteiger partial charge in [-0.15, -0.1) is 21.5 Å². The minimum atomic E-state index is -0.549. The molecule has 2 aromatic heterocycles. The molecular formula is C24H27FN4O2S2. The molecule has 3 N–H and O–H groups in total. The Kier molecular flexibility index (Phi) is 8.99. The van der Waals surface area contributed by atoms with Crippen molar-refractivity contribution in [3.05, 3.63) is 64.6 Å². The van der Waals surface area contributed by atoms with Crippen LogP contribution >= 0.6 is 22.7 Å². The van der Waals surface area contributed by atoms with Gasteiger partial charge in [-0.25, -0.2) is 4.39 Å². The quantitative estimate of drug-likeness (QED) is 0.368. The van der Waals surface area contributed by atoms with Gasteiger partial charge in [0.2, 0.25) is 11.0 Å². The number of nitrogens with one attached hydrogen (secondary N) is 1. The first-order valence-electron chi connectivity index (χ1n) is 10.7. The Morgan fingerprint density at radius 2 is 1.94 bits per heavy atom. The van der Waals surface area contributed by atoms with Gasteiger partial charge in [-0.05, 0) is 60.0 Å². The number of nitrogens with zero attached hydrogens (tertiary/aromatic N) is 2. The first-order valence-corrected chi connectivity index (χ1v) is 12.4. The molecule has 1 aromatic carbocycles. The number of thiophene rings is 1. The Hall–Kier alpha value is -2.75. The number of nitrogens with two attached hydrogens (primary N) is 1. The lowest BCUT2D eigenvalue weighted by atomic mass is 9.89. The lowest BCUT2D eigenvalue weighted by molar-refractivity contribution is -0.121. The van der Waals surface area contributed by atoms with Gasteiger partial charge >= 0.3 is 0 Å². The average Bonchev–Trinajstić information content (AvgIpc) is 3.44. The molecule has 0 spiro atoms. The molecule has 2 heterocycles. The van der Waals surface area contributed by atoms with E-state index in [4.69, 9.17) is 5.73 Å². The van der Waals surface area contributed by atoms with Gasteiger partial charge in [0, 0.05) is 23.3 Å². The number of ketones is 1. The number of aromatic nitrogens is 2. The Balaban J connectivity index is 1.57. The molecule has 33 heavy (non-hydrogen) atoms.